The molecule has 3 aromatic carbocycles. The van der Waals surface area contributed by atoms with E-state index < -0.39 is 0 Å². The highest BCUT2D eigenvalue weighted by Gasteiger charge is 2.35. The number of carbonyl (C=O) groups is 3. The van der Waals surface area contributed by atoms with Gasteiger partial charge in [-0.05, 0) is 90.2 Å². The third-order valence-electron chi connectivity index (χ3n) is 6.54. The van der Waals surface area contributed by atoms with Gasteiger partial charge in [-0.15, -0.1) is 0 Å². The highest BCUT2D eigenvalue weighted by atomic mass is 35.5. The average Bonchev–Trinajstić information content (AvgIpc) is 3.21. The van der Waals surface area contributed by atoms with Crippen molar-refractivity contribution in [3.05, 3.63) is 86.8 Å². The van der Waals surface area contributed by atoms with Gasteiger partial charge in [0.25, 0.3) is 17.1 Å². The van der Waals surface area contributed by atoms with E-state index in [1.165, 1.54) is 12.0 Å². The van der Waals surface area contributed by atoms with Crippen LogP contribution in [-0.2, 0) is 9.59 Å². The molecule has 3 amide bonds. The Balaban J connectivity index is 1.36. The number of nitrogens with one attached hydrogen (secondary N) is 1. The van der Waals surface area contributed by atoms with Crippen LogP contribution in [0.4, 0.5) is 10.5 Å². The molecule has 0 unspecified atom stereocenters. The van der Waals surface area contributed by atoms with Gasteiger partial charge >= 0.3 is 0 Å². The fraction of sp³-hybridized carbons (Fsp3) is 0.281. The maximum atomic E-state index is 13.0. The van der Waals surface area contributed by atoms with E-state index in [2.05, 4.69) is 19.2 Å². The number of anilines is 1. The lowest BCUT2D eigenvalue weighted by Gasteiger charge is -2.17. The average molecular weight is 609 g/mol. The number of halogens is 1. The molecule has 0 atom stereocenters. The van der Waals surface area contributed by atoms with Crippen LogP contribution in [-0.4, -0.2) is 48.8 Å². The molecule has 1 saturated heterocycles. The van der Waals surface area contributed by atoms with Gasteiger partial charge in [-0.2, -0.15) is 0 Å². The molecular weight excluding hydrogens is 576 g/mol. The molecule has 10 heteroatoms. The van der Waals surface area contributed by atoms with Gasteiger partial charge in [-0.1, -0.05) is 49.7 Å². The Labute approximate surface area is 255 Å². The van der Waals surface area contributed by atoms with Crippen LogP contribution >= 0.6 is 23.4 Å². The number of methoxy groups -OCH3 is 1. The lowest BCUT2D eigenvalue weighted by molar-refractivity contribution is -0.123. The normalized spacial score (nSPS) is 14.1. The zero-order valence-electron chi connectivity index (χ0n) is 24.2. The molecule has 1 fully saturated rings. The van der Waals surface area contributed by atoms with E-state index in [4.69, 9.17) is 25.8 Å². The van der Waals surface area contributed by atoms with Gasteiger partial charge in [0.05, 0.1) is 18.6 Å². The fourth-order valence-corrected chi connectivity index (χ4v) is 5.28. The van der Waals surface area contributed by atoms with Crippen molar-refractivity contribution >= 4 is 52.2 Å². The minimum Gasteiger partial charge on any atom is -0.493 e. The Morgan fingerprint density at radius 1 is 1.00 bits per heavy atom. The molecule has 8 nitrogen and oxygen atoms in total. The molecule has 1 aliphatic heterocycles. The van der Waals surface area contributed by atoms with Gasteiger partial charge in [-0.25, -0.2) is 0 Å². The van der Waals surface area contributed by atoms with Crippen molar-refractivity contribution in [1.29, 1.82) is 0 Å². The lowest BCUT2D eigenvalue weighted by atomic mass is 10.0. The van der Waals surface area contributed by atoms with Crippen molar-refractivity contribution < 1.29 is 28.6 Å². The summed E-state index contributed by atoms with van der Waals surface area (Å²) in [4.78, 5) is 39.5. The third-order valence-corrected chi connectivity index (χ3v) is 7.85. The van der Waals surface area contributed by atoms with Crippen molar-refractivity contribution in [2.45, 2.75) is 33.6 Å². The van der Waals surface area contributed by atoms with Crippen LogP contribution in [0.3, 0.4) is 0 Å². The van der Waals surface area contributed by atoms with Gasteiger partial charge in [0, 0.05) is 10.7 Å². The van der Waals surface area contributed by atoms with Gasteiger partial charge in [0.1, 0.15) is 12.4 Å². The smallest absolute Gasteiger partial charge is 0.293 e. The summed E-state index contributed by atoms with van der Waals surface area (Å²) < 4.78 is 17.1. The molecule has 0 aromatic heterocycles. The molecule has 0 aliphatic carbocycles. The summed E-state index contributed by atoms with van der Waals surface area (Å²) in [6, 6.07) is 16.3. The summed E-state index contributed by atoms with van der Waals surface area (Å²) in [6.07, 6.45) is 1.63. The van der Waals surface area contributed by atoms with Gasteiger partial charge in [0.2, 0.25) is 0 Å². The van der Waals surface area contributed by atoms with E-state index in [0.717, 1.165) is 34.2 Å². The van der Waals surface area contributed by atoms with Crippen molar-refractivity contribution in [3.63, 3.8) is 0 Å². The molecule has 0 radical (unpaired) electrons. The van der Waals surface area contributed by atoms with Crippen LogP contribution in [0.25, 0.3) is 6.08 Å². The number of amides is 3. The van der Waals surface area contributed by atoms with E-state index >= 15 is 0 Å². The van der Waals surface area contributed by atoms with E-state index in [1.54, 1.807) is 36.4 Å². The van der Waals surface area contributed by atoms with Gasteiger partial charge < -0.3 is 19.5 Å². The SMILES string of the molecule is COc1cc(/C=C2\SC(=O)N(CCOc3cc(C)ccc3C(C)C)C2=O)ccc1OCC(=O)Nc1ccc(C)c(Cl)c1. The van der Waals surface area contributed by atoms with Crippen LogP contribution in [0.5, 0.6) is 17.2 Å². The molecule has 42 heavy (non-hydrogen) atoms. The molecular formula is C32H33ClN2O6S. The minimum absolute atomic E-state index is 0.139. The summed E-state index contributed by atoms with van der Waals surface area (Å²) >= 11 is 7.00. The summed E-state index contributed by atoms with van der Waals surface area (Å²) in [5.41, 5.74) is 4.27. The maximum absolute atomic E-state index is 13.0. The van der Waals surface area contributed by atoms with Crippen LogP contribution in [0.15, 0.2) is 59.5 Å². The van der Waals surface area contributed by atoms with Crippen LogP contribution < -0.4 is 19.5 Å². The van der Waals surface area contributed by atoms with E-state index in [9.17, 15) is 14.4 Å². The lowest BCUT2D eigenvalue weighted by Crippen LogP contribution is -2.32. The van der Waals surface area contributed by atoms with E-state index in [-0.39, 0.29) is 42.7 Å². The number of hydrogen-bond donors (Lipinski definition) is 1. The second-order valence-corrected chi connectivity index (χ2v) is 11.5. The zero-order chi connectivity index (χ0) is 30.4. The molecule has 3 aromatic rings. The number of benzene rings is 3. The molecule has 1 aliphatic rings. The number of ether oxygens (including phenoxy) is 3. The summed E-state index contributed by atoms with van der Waals surface area (Å²) in [5.74, 6) is 1.04. The molecule has 220 valence electrons. The zero-order valence-corrected chi connectivity index (χ0v) is 25.7. The van der Waals surface area contributed by atoms with E-state index in [0.29, 0.717) is 32.7 Å². The number of nitrogens with zero attached hydrogens (tertiary/aromatic N) is 1. The van der Waals surface area contributed by atoms with Crippen LogP contribution in [0, 0.1) is 13.8 Å². The summed E-state index contributed by atoms with van der Waals surface area (Å²) in [6.45, 7) is 8.14. The second-order valence-electron chi connectivity index (χ2n) is 10.1. The van der Waals surface area contributed by atoms with Crippen molar-refractivity contribution in [2.24, 2.45) is 0 Å². The van der Waals surface area contributed by atoms with Gasteiger partial charge in [-0.3, -0.25) is 19.3 Å². The summed E-state index contributed by atoms with van der Waals surface area (Å²) in [7, 11) is 1.48. The Bertz CT molecular complexity index is 1540. The number of hydrogen-bond acceptors (Lipinski definition) is 7. The topological polar surface area (TPSA) is 94.2 Å². The Kier molecular flexibility index (Phi) is 10.2. The molecule has 4 rings (SSSR count). The standard InChI is InChI=1S/C32H33ClN2O6S/c1-19(2)24-10-6-20(3)14-27(24)40-13-12-35-31(37)29(42-32(35)38)16-22-8-11-26(28(15-22)39-5)41-18-30(36)34-23-9-7-21(4)25(33)17-23/h6-11,14-17,19H,12-13,18H2,1-5H3,(H,34,36)/b29-16-. The van der Waals surface area contributed by atoms with Gasteiger partial charge in [0.15, 0.2) is 18.1 Å². The fourth-order valence-electron chi connectivity index (χ4n) is 4.24. The number of rotatable bonds is 11. The van der Waals surface area contributed by atoms with Crippen molar-refractivity contribution in [1.82, 2.24) is 4.90 Å². The Morgan fingerprint density at radius 3 is 2.50 bits per heavy atom. The molecule has 0 saturated carbocycles. The number of thioether (sulfide) groups is 1. The third kappa shape index (κ3) is 7.66. The minimum atomic E-state index is -0.380. The number of carbonyl (C=O) groups excluding carboxylic acids is 3. The highest BCUT2D eigenvalue weighted by Crippen LogP contribution is 2.35. The summed E-state index contributed by atoms with van der Waals surface area (Å²) in [5, 5.41) is 2.94. The van der Waals surface area contributed by atoms with E-state index in [1.807, 2.05) is 38.1 Å². The Hall–Kier alpha value is -3.95. The monoisotopic (exact) mass is 608 g/mol. The number of imide groups is 1. The first kappa shape index (κ1) is 31.0. The van der Waals surface area contributed by atoms with Crippen molar-refractivity contribution in [2.75, 3.05) is 32.2 Å². The largest absolute Gasteiger partial charge is 0.493 e. The predicted molar refractivity (Wildman–Crippen MR) is 167 cm³/mol. The van der Waals surface area contributed by atoms with Crippen LogP contribution in [0.2, 0.25) is 5.02 Å². The van der Waals surface area contributed by atoms with Crippen molar-refractivity contribution in [3.8, 4) is 17.2 Å². The maximum Gasteiger partial charge on any atom is 0.293 e. The first-order valence-electron chi connectivity index (χ1n) is 13.4. The second kappa shape index (κ2) is 13.8. The first-order chi connectivity index (χ1) is 20.0. The highest BCUT2D eigenvalue weighted by molar-refractivity contribution is 8.18. The first-order valence-corrected chi connectivity index (χ1v) is 14.6. The number of aryl methyl sites for hydroxylation is 2. The molecule has 1 heterocycles. The van der Waals surface area contributed by atoms with Crippen LogP contribution in [0.1, 0.15) is 42.0 Å². The Morgan fingerprint density at radius 2 is 1.79 bits per heavy atom. The quantitative estimate of drug-likeness (QED) is 0.230. The molecule has 0 bridgehead atoms. The molecule has 0 spiro atoms. The predicted octanol–water partition coefficient (Wildman–Crippen LogP) is 7.22. The molecule has 1 N–H and O–H groups in total.